The Hall–Kier alpha value is -3.10. The average Bonchev–Trinajstić information content (AvgIpc) is 3.30. The third kappa shape index (κ3) is 7.69. The smallest absolute Gasteiger partial charge is 0.220 e. The Balaban J connectivity index is 1.27. The second-order valence-electron chi connectivity index (χ2n) is 10.1. The fourth-order valence-electron chi connectivity index (χ4n) is 5.13. The maximum atomic E-state index is 14.6. The van der Waals surface area contributed by atoms with E-state index in [1.165, 1.54) is 44.6 Å². The second-order valence-corrected chi connectivity index (χ2v) is 10.1. The number of nitrogens with one attached hydrogen (secondary N) is 3. The largest absolute Gasteiger partial charge is 0.365 e. The molecule has 0 bridgehead atoms. The molecule has 3 N–H and O–H groups in total. The number of amides is 1. The first-order chi connectivity index (χ1) is 18.0. The SMILES string of the molecule is CCCCCCCCCCC(=O)N[C@@H]1CCC[C@H](Nc2nc(-c3c[nH]c4ncc(F)cc34)ncc2F)C1. The van der Waals surface area contributed by atoms with Crippen LogP contribution in [0.4, 0.5) is 14.6 Å². The van der Waals surface area contributed by atoms with E-state index in [9.17, 15) is 13.6 Å². The van der Waals surface area contributed by atoms with Gasteiger partial charge in [-0.3, -0.25) is 4.79 Å². The first kappa shape index (κ1) is 26.9. The third-order valence-electron chi connectivity index (χ3n) is 7.12. The van der Waals surface area contributed by atoms with Crippen LogP contribution in [0.15, 0.2) is 24.7 Å². The van der Waals surface area contributed by atoms with Gasteiger partial charge in [0.15, 0.2) is 17.5 Å². The lowest BCUT2D eigenvalue weighted by atomic mass is 9.90. The standard InChI is InChI=1S/C28H38F2N6O/c1-2-3-4-5-6-7-8-9-13-25(37)34-20-11-10-12-21(15-20)35-28-24(30)18-33-27(36-28)23-17-32-26-22(23)14-19(29)16-31-26/h14,16-18,20-21H,2-13,15H2,1H3,(H,31,32)(H,34,37)(H,33,35,36)/t20-,21+/m1/s1. The van der Waals surface area contributed by atoms with Crippen molar-refractivity contribution in [3.8, 4) is 11.4 Å². The fourth-order valence-corrected chi connectivity index (χ4v) is 5.13. The number of H-pyrrole nitrogens is 1. The highest BCUT2D eigenvalue weighted by Crippen LogP contribution is 2.28. The maximum absolute atomic E-state index is 14.6. The van der Waals surface area contributed by atoms with Gasteiger partial charge in [-0.25, -0.2) is 23.7 Å². The van der Waals surface area contributed by atoms with Crippen molar-refractivity contribution < 1.29 is 13.6 Å². The minimum absolute atomic E-state index is 0.0125. The fraction of sp³-hybridized carbons (Fsp3) is 0.571. The Morgan fingerprint density at radius 1 is 1.03 bits per heavy atom. The quantitative estimate of drug-likeness (QED) is 0.222. The summed E-state index contributed by atoms with van der Waals surface area (Å²) in [6.07, 6.45) is 17.6. The topological polar surface area (TPSA) is 95.6 Å². The van der Waals surface area contributed by atoms with Crippen molar-refractivity contribution in [2.24, 2.45) is 0 Å². The minimum atomic E-state index is -0.547. The van der Waals surface area contributed by atoms with Crippen molar-refractivity contribution in [3.05, 3.63) is 36.3 Å². The van der Waals surface area contributed by atoms with E-state index >= 15 is 0 Å². The summed E-state index contributed by atoms with van der Waals surface area (Å²) < 4.78 is 28.3. The molecule has 1 aliphatic rings. The lowest BCUT2D eigenvalue weighted by Crippen LogP contribution is -2.41. The molecule has 3 aromatic rings. The number of carbonyl (C=O) groups is 1. The van der Waals surface area contributed by atoms with Gasteiger partial charge >= 0.3 is 0 Å². The van der Waals surface area contributed by atoms with E-state index in [-0.39, 0.29) is 29.6 Å². The number of nitrogens with zero attached hydrogens (tertiary/aromatic N) is 3. The number of aromatic nitrogens is 4. The summed E-state index contributed by atoms with van der Waals surface area (Å²) in [7, 11) is 0. The normalized spacial score (nSPS) is 17.7. The summed E-state index contributed by atoms with van der Waals surface area (Å²) in [5.74, 6) is -0.513. The number of halogens is 2. The van der Waals surface area contributed by atoms with Crippen LogP contribution in [0.1, 0.15) is 90.4 Å². The van der Waals surface area contributed by atoms with Gasteiger partial charge in [0.1, 0.15) is 11.5 Å². The van der Waals surface area contributed by atoms with E-state index in [1.54, 1.807) is 6.20 Å². The average molecular weight is 513 g/mol. The summed E-state index contributed by atoms with van der Waals surface area (Å²) >= 11 is 0. The molecule has 2 atom stereocenters. The number of aromatic amines is 1. The maximum Gasteiger partial charge on any atom is 0.220 e. The molecule has 37 heavy (non-hydrogen) atoms. The van der Waals surface area contributed by atoms with Gasteiger partial charge < -0.3 is 15.6 Å². The monoisotopic (exact) mass is 512 g/mol. The van der Waals surface area contributed by atoms with Gasteiger partial charge in [-0.1, -0.05) is 51.9 Å². The molecule has 3 heterocycles. The van der Waals surface area contributed by atoms with Crippen LogP contribution in [-0.2, 0) is 4.79 Å². The van der Waals surface area contributed by atoms with Crippen LogP contribution < -0.4 is 10.6 Å². The van der Waals surface area contributed by atoms with Crippen molar-refractivity contribution in [2.45, 2.75) is 102 Å². The van der Waals surface area contributed by atoms with Crippen molar-refractivity contribution in [1.29, 1.82) is 0 Å². The van der Waals surface area contributed by atoms with Gasteiger partial charge in [-0.2, -0.15) is 0 Å². The van der Waals surface area contributed by atoms with Gasteiger partial charge in [-0.05, 0) is 38.2 Å². The van der Waals surface area contributed by atoms with Crippen LogP contribution in [0.25, 0.3) is 22.4 Å². The van der Waals surface area contributed by atoms with Crippen molar-refractivity contribution in [3.63, 3.8) is 0 Å². The molecule has 1 fully saturated rings. The van der Waals surface area contributed by atoms with Gasteiger partial charge in [0.05, 0.1) is 12.4 Å². The molecule has 0 saturated heterocycles. The Labute approximate surface area is 217 Å². The predicted molar refractivity (Wildman–Crippen MR) is 142 cm³/mol. The number of carbonyl (C=O) groups excluding carboxylic acids is 1. The molecule has 0 aliphatic heterocycles. The van der Waals surface area contributed by atoms with Crippen LogP contribution in [0.5, 0.6) is 0 Å². The lowest BCUT2D eigenvalue weighted by molar-refractivity contribution is -0.122. The Morgan fingerprint density at radius 3 is 2.59 bits per heavy atom. The first-order valence-electron chi connectivity index (χ1n) is 13.7. The highest BCUT2D eigenvalue weighted by atomic mass is 19.1. The zero-order valence-corrected chi connectivity index (χ0v) is 21.7. The first-order valence-corrected chi connectivity index (χ1v) is 13.7. The molecule has 1 aliphatic carbocycles. The number of hydrogen-bond donors (Lipinski definition) is 3. The van der Waals surface area contributed by atoms with E-state index in [1.807, 2.05) is 0 Å². The Morgan fingerprint density at radius 2 is 1.78 bits per heavy atom. The molecule has 0 aromatic carbocycles. The van der Waals surface area contributed by atoms with Gasteiger partial charge in [0.2, 0.25) is 5.91 Å². The Kier molecular flexibility index (Phi) is 9.79. The van der Waals surface area contributed by atoms with Gasteiger partial charge in [0, 0.05) is 35.7 Å². The minimum Gasteiger partial charge on any atom is -0.365 e. The van der Waals surface area contributed by atoms with Crippen LogP contribution in [0, 0.1) is 11.6 Å². The number of anilines is 1. The van der Waals surface area contributed by atoms with Gasteiger partial charge in [-0.15, -0.1) is 0 Å². The molecule has 3 aromatic heterocycles. The van der Waals surface area contributed by atoms with Crippen molar-refractivity contribution in [1.82, 2.24) is 25.3 Å². The summed E-state index contributed by atoms with van der Waals surface area (Å²) in [5, 5.41) is 6.93. The Bertz CT molecular complexity index is 1170. The number of rotatable bonds is 13. The van der Waals surface area contributed by atoms with E-state index in [0.29, 0.717) is 29.4 Å². The van der Waals surface area contributed by atoms with Crippen molar-refractivity contribution >= 4 is 22.8 Å². The second kappa shape index (κ2) is 13.4. The molecular formula is C28H38F2N6O. The van der Waals surface area contributed by atoms with Crippen molar-refractivity contribution in [2.75, 3.05) is 5.32 Å². The summed E-state index contributed by atoms with van der Waals surface area (Å²) in [5.41, 5.74) is 1.07. The zero-order chi connectivity index (χ0) is 26.0. The molecule has 0 unspecified atom stereocenters. The predicted octanol–water partition coefficient (Wildman–Crippen LogP) is 6.67. The van der Waals surface area contributed by atoms with E-state index < -0.39 is 11.6 Å². The molecule has 9 heteroatoms. The van der Waals surface area contributed by atoms with Gasteiger partial charge in [0.25, 0.3) is 0 Å². The number of hydrogen-bond acceptors (Lipinski definition) is 5. The van der Waals surface area contributed by atoms with Crippen LogP contribution in [0.3, 0.4) is 0 Å². The van der Waals surface area contributed by atoms with E-state index in [4.69, 9.17) is 0 Å². The summed E-state index contributed by atoms with van der Waals surface area (Å²) in [6, 6.07) is 1.41. The molecule has 7 nitrogen and oxygen atoms in total. The molecule has 4 rings (SSSR count). The lowest BCUT2D eigenvalue weighted by Gasteiger charge is -2.30. The molecule has 0 spiro atoms. The highest BCUT2D eigenvalue weighted by molar-refractivity contribution is 5.91. The molecule has 1 saturated carbocycles. The van der Waals surface area contributed by atoms with Crippen LogP contribution in [-0.4, -0.2) is 37.9 Å². The molecule has 1 amide bonds. The number of pyridine rings is 1. The molecule has 0 radical (unpaired) electrons. The third-order valence-corrected chi connectivity index (χ3v) is 7.12. The number of fused-ring (bicyclic) bond motifs is 1. The summed E-state index contributed by atoms with van der Waals surface area (Å²) in [4.78, 5) is 28.0. The van der Waals surface area contributed by atoms with Crippen LogP contribution >= 0.6 is 0 Å². The highest BCUT2D eigenvalue weighted by Gasteiger charge is 2.25. The zero-order valence-electron chi connectivity index (χ0n) is 21.7. The van der Waals surface area contributed by atoms with E-state index in [2.05, 4.69) is 37.5 Å². The molecular weight excluding hydrogens is 474 g/mol. The summed E-state index contributed by atoms with van der Waals surface area (Å²) in [6.45, 7) is 2.22. The van der Waals surface area contributed by atoms with E-state index in [0.717, 1.165) is 44.5 Å². The molecule has 200 valence electrons. The number of unbranched alkanes of at least 4 members (excludes halogenated alkanes) is 7. The van der Waals surface area contributed by atoms with Crippen LogP contribution in [0.2, 0.25) is 0 Å².